The molecule has 2 aromatic carbocycles. The van der Waals surface area contributed by atoms with Gasteiger partial charge in [-0.05, 0) is 54.7 Å². The maximum Gasteiger partial charge on any atom is 0.416 e. The summed E-state index contributed by atoms with van der Waals surface area (Å²) >= 11 is 12.3. The van der Waals surface area contributed by atoms with E-state index in [2.05, 4.69) is 10.6 Å². The topological polar surface area (TPSA) is 87.7 Å². The Morgan fingerprint density at radius 2 is 1.75 bits per heavy atom. The van der Waals surface area contributed by atoms with Gasteiger partial charge in [-0.3, -0.25) is 9.59 Å². The number of rotatable bonds is 9. The first-order valence-electron chi connectivity index (χ1n) is 9.60. The first kappa shape index (κ1) is 24.0. The SMILES string of the molecule is O=C(O)CNC(=O)c1cc(Cl)c(OCc2cc(NCC3CC3)cc(C(F)(F)F)c2)c(Cl)c1. The molecule has 1 saturated carbocycles. The zero-order chi connectivity index (χ0) is 23.5. The van der Waals surface area contributed by atoms with Crippen LogP contribution >= 0.6 is 23.2 Å². The third-order valence-corrected chi connectivity index (χ3v) is 5.22. The first-order chi connectivity index (χ1) is 15.0. The number of anilines is 1. The predicted molar refractivity (Wildman–Crippen MR) is 113 cm³/mol. The van der Waals surface area contributed by atoms with Crippen molar-refractivity contribution in [3.05, 3.63) is 57.1 Å². The number of hydrogen-bond donors (Lipinski definition) is 3. The molecule has 32 heavy (non-hydrogen) atoms. The molecule has 3 N–H and O–H groups in total. The van der Waals surface area contributed by atoms with E-state index < -0.39 is 30.2 Å². The molecule has 0 spiro atoms. The van der Waals surface area contributed by atoms with Crippen LogP contribution in [0.3, 0.4) is 0 Å². The highest BCUT2D eigenvalue weighted by Crippen LogP contribution is 2.36. The van der Waals surface area contributed by atoms with Gasteiger partial charge >= 0.3 is 12.1 Å². The van der Waals surface area contributed by atoms with Gasteiger partial charge in [0.25, 0.3) is 5.91 Å². The summed E-state index contributed by atoms with van der Waals surface area (Å²) in [4.78, 5) is 22.5. The normalized spacial score (nSPS) is 13.5. The number of carbonyl (C=O) groups is 2. The quantitative estimate of drug-likeness (QED) is 0.448. The van der Waals surface area contributed by atoms with Gasteiger partial charge in [0.15, 0.2) is 5.75 Å². The fraction of sp³-hybridized carbons (Fsp3) is 0.333. The van der Waals surface area contributed by atoms with Crippen LogP contribution in [0.25, 0.3) is 0 Å². The molecule has 1 aliphatic carbocycles. The van der Waals surface area contributed by atoms with E-state index in [-0.39, 0.29) is 33.5 Å². The molecule has 0 aliphatic heterocycles. The molecule has 0 unspecified atom stereocenters. The molecule has 0 heterocycles. The monoisotopic (exact) mass is 490 g/mol. The van der Waals surface area contributed by atoms with Crippen molar-refractivity contribution in [2.75, 3.05) is 18.4 Å². The number of alkyl halides is 3. The van der Waals surface area contributed by atoms with Crippen molar-refractivity contribution in [3.63, 3.8) is 0 Å². The fourth-order valence-corrected chi connectivity index (χ4v) is 3.46. The minimum atomic E-state index is -4.52. The number of carbonyl (C=O) groups excluding carboxylic acids is 1. The fourth-order valence-electron chi connectivity index (χ4n) is 2.87. The number of hydrogen-bond acceptors (Lipinski definition) is 4. The molecule has 0 radical (unpaired) electrons. The number of ether oxygens (including phenoxy) is 1. The number of halogens is 5. The van der Waals surface area contributed by atoms with E-state index in [1.165, 1.54) is 12.1 Å². The van der Waals surface area contributed by atoms with Crippen molar-refractivity contribution < 1.29 is 32.6 Å². The van der Waals surface area contributed by atoms with Crippen LogP contribution in [0.5, 0.6) is 5.75 Å². The van der Waals surface area contributed by atoms with Crippen molar-refractivity contribution in [2.45, 2.75) is 25.6 Å². The van der Waals surface area contributed by atoms with Crippen LogP contribution in [-0.2, 0) is 17.6 Å². The van der Waals surface area contributed by atoms with E-state index in [1.54, 1.807) is 6.07 Å². The van der Waals surface area contributed by atoms with Crippen LogP contribution < -0.4 is 15.4 Å². The lowest BCUT2D eigenvalue weighted by molar-refractivity contribution is -0.138. The first-order valence-corrected chi connectivity index (χ1v) is 10.4. The summed E-state index contributed by atoms with van der Waals surface area (Å²) in [6.07, 6.45) is -2.40. The van der Waals surface area contributed by atoms with Gasteiger partial charge < -0.3 is 20.5 Å². The summed E-state index contributed by atoms with van der Waals surface area (Å²) in [6.45, 7) is -0.227. The Balaban J connectivity index is 1.75. The Hall–Kier alpha value is -2.65. The predicted octanol–water partition coefficient (Wildman–Crippen LogP) is 5.23. The summed E-state index contributed by atoms with van der Waals surface area (Å²) in [5.74, 6) is -1.45. The average Bonchev–Trinajstić information content (AvgIpc) is 3.53. The van der Waals surface area contributed by atoms with Crippen molar-refractivity contribution in [1.82, 2.24) is 5.32 Å². The molecule has 0 aromatic heterocycles. The Bertz CT molecular complexity index is 1000. The third kappa shape index (κ3) is 6.67. The Labute approximate surface area is 191 Å². The highest BCUT2D eigenvalue weighted by molar-refractivity contribution is 6.37. The molecule has 2 aromatic rings. The number of carboxylic acid groups (broad SMARTS) is 1. The summed E-state index contributed by atoms with van der Waals surface area (Å²) < 4.78 is 45.5. The molecule has 0 atom stereocenters. The second kappa shape index (κ2) is 9.87. The average molecular weight is 491 g/mol. The third-order valence-electron chi connectivity index (χ3n) is 4.66. The number of carboxylic acids is 1. The molecule has 0 bridgehead atoms. The molecule has 11 heteroatoms. The van der Waals surface area contributed by atoms with Crippen molar-refractivity contribution in [1.29, 1.82) is 0 Å². The molecule has 3 rings (SSSR count). The van der Waals surface area contributed by atoms with Crippen molar-refractivity contribution >= 4 is 40.8 Å². The maximum absolute atomic E-state index is 13.3. The van der Waals surface area contributed by atoms with Crippen molar-refractivity contribution in [2.24, 2.45) is 5.92 Å². The number of aliphatic carboxylic acids is 1. The standard InChI is InChI=1S/C21H19Cl2F3N2O4/c22-16-5-13(20(31)28-9-18(29)30)6-17(23)19(16)32-10-12-3-14(21(24,25)26)7-15(4-12)27-8-11-1-2-11/h3-7,11,27H,1-2,8-10H2,(H,28,31)(H,29,30). The number of amides is 1. The molecule has 1 aliphatic rings. The van der Waals surface area contributed by atoms with E-state index in [1.807, 2.05) is 0 Å². The van der Waals surface area contributed by atoms with E-state index >= 15 is 0 Å². The van der Waals surface area contributed by atoms with Gasteiger partial charge in [-0.15, -0.1) is 0 Å². The Morgan fingerprint density at radius 1 is 1.09 bits per heavy atom. The van der Waals surface area contributed by atoms with Crippen LogP contribution in [0.2, 0.25) is 10.0 Å². The zero-order valence-corrected chi connectivity index (χ0v) is 18.1. The molecule has 1 fully saturated rings. The summed E-state index contributed by atoms with van der Waals surface area (Å²) in [5, 5.41) is 13.7. The van der Waals surface area contributed by atoms with Crippen LogP contribution in [0.1, 0.15) is 34.3 Å². The van der Waals surface area contributed by atoms with Crippen LogP contribution in [0.4, 0.5) is 18.9 Å². The summed E-state index contributed by atoms with van der Waals surface area (Å²) in [6, 6.07) is 6.06. The van der Waals surface area contributed by atoms with Gasteiger partial charge in [0.1, 0.15) is 13.2 Å². The van der Waals surface area contributed by atoms with Gasteiger partial charge in [0.05, 0.1) is 15.6 Å². The minimum absolute atomic E-state index is 0.00646. The smallest absolute Gasteiger partial charge is 0.416 e. The molecular weight excluding hydrogens is 472 g/mol. The van der Waals surface area contributed by atoms with Gasteiger partial charge in [0, 0.05) is 17.8 Å². The zero-order valence-electron chi connectivity index (χ0n) is 16.6. The highest BCUT2D eigenvalue weighted by Gasteiger charge is 2.31. The minimum Gasteiger partial charge on any atom is -0.486 e. The number of nitrogens with one attached hydrogen (secondary N) is 2. The van der Waals surface area contributed by atoms with E-state index in [0.717, 1.165) is 25.0 Å². The van der Waals surface area contributed by atoms with Crippen molar-refractivity contribution in [3.8, 4) is 5.75 Å². The van der Waals surface area contributed by atoms with Gasteiger partial charge in [-0.2, -0.15) is 13.2 Å². The molecule has 172 valence electrons. The number of benzene rings is 2. The molecular formula is C21H19Cl2F3N2O4. The summed E-state index contributed by atoms with van der Waals surface area (Å²) in [7, 11) is 0. The lowest BCUT2D eigenvalue weighted by Crippen LogP contribution is -2.29. The van der Waals surface area contributed by atoms with E-state index in [0.29, 0.717) is 18.2 Å². The van der Waals surface area contributed by atoms with E-state index in [9.17, 15) is 22.8 Å². The van der Waals surface area contributed by atoms with Crippen LogP contribution in [-0.4, -0.2) is 30.1 Å². The van der Waals surface area contributed by atoms with Gasteiger partial charge in [-0.25, -0.2) is 0 Å². The molecule has 0 saturated heterocycles. The van der Waals surface area contributed by atoms with Gasteiger partial charge in [-0.1, -0.05) is 23.2 Å². The lowest BCUT2D eigenvalue weighted by atomic mass is 10.1. The Kier molecular flexibility index (Phi) is 7.40. The van der Waals surface area contributed by atoms with Crippen LogP contribution in [0, 0.1) is 5.92 Å². The van der Waals surface area contributed by atoms with Crippen LogP contribution in [0.15, 0.2) is 30.3 Å². The van der Waals surface area contributed by atoms with E-state index in [4.69, 9.17) is 33.0 Å². The Morgan fingerprint density at radius 3 is 2.31 bits per heavy atom. The highest BCUT2D eigenvalue weighted by atomic mass is 35.5. The summed E-state index contributed by atoms with van der Waals surface area (Å²) in [5.41, 5.74) is -0.194. The largest absolute Gasteiger partial charge is 0.486 e. The molecule has 6 nitrogen and oxygen atoms in total. The maximum atomic E-state index is 13.3. The molecule has 1 amide bonds. The van der Waals surface area contributed by atoms with Gasteiger partial charge in [0.2, 0.25) is 0 Å². The lowest BCUT2D eigenvalue weighted by Gasteiger charge is -2.15. The second-order valence-corrected chi connectivity index (χ2v) is 8.19. The second-order valence-electron chi connectivity index (χ2n) is 7.37.